The van der Waals surface area contributed by atoms with Crippen LogP contribution in [0.1, 0.15) is 11.4 Å². The Morgan fingerprint density at radius 3 is 2.71 bits per heavy atom. The van der Waals surface area contributed by atoms with Crippen LogP contribution in [0.25, 0.3) is 11.3 Å². The lowest BCUT2D eigenvalue weighted by Crippen LogP contribution is -2.05. The zero-order valence-corrected chi connectivity index (χ0v) is 9.86. The van der Waals surface area contributed by atoms with Crippen molar-refractivity contribution in [3.63, 3.8) is 0 Å². The molecule has 1 heterocycles. The van der Waals surface area contributed by atoms with Crippen molar-refractivity contribution in [3.05, 3.63) is 41.9 Å². The second-order valence-corrected chi connectivity index (χ2v) is 3.86. The highest BCUT2D eigenvalue weighted by Crippen LogP contribution is 2.17. The van der Waals surface area contributed by atoms with Gasteiger partial charge in [0, 0.05) is 0 Å². The summed E-state index contributed by atoms with van der Waals surface area (Å²) in [6.07, 6.45) is 1.89. The number of aromatic nitrogens is 2. The summed E-state index contributed by atoms with van der Waals surface area (Å²) in [5, 5.41) is 0. The third-order valence-corrected chi connectivity index (χ3v) is 2.53. The normalized spacial score (nSPS) is 10.2. The molecule has 88 valence electrons. The second kappa shape index (κ2) is 4.82. The average molecular weight is 230 g/mol. The van der Waals surface area contributed by atoms with Crippen LogP contribution in [0.3, 0.4) is 0 Å². The van der Waals surface area contributed by atoms with E-state index in [-0.39, 0.29) is 12.4 Å². The predicted octanol–water partition coefficient (Wildman–Crippen LogP) is 2.10. The fourth-order valence-electron chi connectivity index (χ4n) is 1.54. The van der Waals surface area contributed by atoms with Crippen molar-refractivity contribution < 1.29 is 9.53 Å². The lowest BCUT2D eigenvalue weighted by molar-refractivity contribution is -0.139. The Balaban J connectivity index is 2.18. The van der Waals surface area contributed by atoms with Gasteiger partial charge in [0.15, 0.2) is 0 Å². The monoisotopic (exact) mass is 230 g/mol. The van der Waals surface area contributed by atoms with Crippen molar-refractivity contribution in [2.75, 3.05) is 7.11 Å². The molecule has 0 amide bonds. The van der Waals surface area contributed by atoms with Crippen LogP contribution in [0.4, 0.5) is 0 Å². The first-order valence-corrected chi connectivity index (χ1v) is 5.37. The molecule has 1 aromatic carbocycles. The first-order valence-electron chi connectivity index (χ1n) is 5.37. The summed E-state index contributed by atoms with van der Waals surface area (Å²) in [5.41, 5.74) is 3.17. The number of H-pyrrole nitrogens is 1. The van der Waals surface area contributed by atoms with Crippen molar-refractivity contribution in [1.29, 1.82) is 0 Å². The van der Waals surface area contributed by atoms with Crippen molar-refractivity contribution in [2.24, 2.45) is 0 Å². The number of aromatic amines is 1. The summed E-state index contributed by atoms with van der Waals surface area (Å²) < 4.78 is 4.59. The minimum absolute atomic E-state index is 0.169. The molecular formula is C13H14N2O2. The third kappa shape index (κ3) is 2.72. The average Bonchev–Trinajstić information content (AvgIpc) is 2.78. The van der Waals surface area contributed by atoms with E-state index in [1.807, 2.05) is 31.2 Å². The van der Waals surface area contributed by atoms with Gasteiger partial charge in [-0.1, -0.05) is 29.8 Å². The number of aryl methyl sites for hydroxylation is 1. The van der Waals surface area contributed by atoms with E-state index in [1.165, 1.54) is 12.7 Å². The number of benzene rings is 1. The molecule has 1 aromatic heterocycles. The van der Waals surface area contributed by atoms with Crippen molar-refractivity contribution in [2.45, 2.75) is 13.3 Å². The number of nitrogens with one attached hydrogen (secondary N) is 1. The van der Waals surface area contributed by atoms with Gasteiger partial charge in [0.05, 0.1) is 19.0 Å². The highest BCUT2D eigenvalue weighted by Gasteiger charge is 2.07. The number of esters is 1. The van der Waals surface area contributed by atoms with E-state index < -0.39 is 0 Å². The molecular weight excluding hydrogens is 216 g/mol. The highest BCUT2D eigenvalue weighted by atomic mass is 16.5. The molecule has 4 nitrogen and oxygen atoms in total. The Morgan fingerprint density at radius 1 is 1.35 bits per heavy atom. The van der Waals surface area contributed by atoms with E-state index in [2.05, 4.69) is 14.7 Å². The van der Waals surface area contributed by atoms with Crippen molar-refractivity contribution >= 4 is 5.97 Å². The Labute approximate surface area is 99.7 Å². The van der Waals surface area contributed by atoms with Crippen LogP contribution >= 0.6 is 0 Å². The molecule has 17 heavy (non-hydrogen) atoms. The van der Waals surface area contributed by atoms with E-state index >= 15 is 0 Å². The fourth-order valence-corrected chi connectivity index (χ4v) is 1.54. The van der Waals surface area contributed by atoms with E-state index in [1.54, 1.807) is 6.20 Å². The SMILES string of the molecule is COC(=O)Cc1ncc(-c2ccc(C)cc2)[nH]1. The second-order valence-electron chi connectivity index (χ2n) is 3.86. The molecule has 0 saturated heterocycles. The van der Waals surface area contributed by atoms with Crippen LogP contribution in [-0.4, -0.2) is 23.0 Å². The maximum absolute atomic E-state index is 11.1. The van der Waals surface area contributed by atoms with Crippen LogP contribution in [-0.2, 0) is 16.0 Å². The van der Waals surface area contributed by atoms with Gasteiger partial charge in [-0.2, -0.15) is 0 Å². The Bertz CT molecular complexity index is 514. The van der Waals surface area contributed by atoms with Crippen LogP contribution in [0.2, 0.25) is 0 Å². The number of rotatable bonds is 3. The number of nitrogens with zero attached hydrogens (tertiary/aromatic N) is 1. The molecule has 0 atom stereocenters. The van der Waals surface area contributed by atoms with Gasteiger partial charge in [-0.05, 0) is 12.5 Å². The fraction of sp³-hybridized carbons (Fsp3) is 0.231. The van der Waals surface area contributed by atoms with Crippen LogP contribution in [0, 0.1) is 6.92 Å². The standard InChI is InChI=1S/C13H14N2O2/c1-9-3-5-10(6-4-9)11-8-14-12(15-11)7-13(16)17-2/h3-6,8H,7H2,1-2H3,(H,14,15). The van der Waals surface area contributed by atoms with Crippen LogP contribution in [0.5, 0.6) is 0 Å². The van der Waals surface area contributed by atoms with E-state index in [4.69, 9.17) is 0 Å². The van der Waals surface area contributed by atoms with Gasteiger partial charge in [-0.25, -0.2) is 4.98 Å². The van der Waals surface area contributed by atoms with Crippen LogP contribution in [0.15, 0.2) is 30.5 Å². The Kier molecular flexibility index (Phi) is 3.23. The largest absolute Gasteiger partial charge is 0.469 e. The summed E-state index contributed by atoms with van der Waals surface area (Å²) in [7, 11) is 1.37. The molecule has 0 fully saturated rings. The number of methoxy groups -OCH3 is 1. The molecule has 0 aliphatic rings. The summed E-state index contributed by atoms with van der Waals surface area (Å²) in [5.74, 6) is 0.322. The molecule has 2 aromatic rings. The maximum Gasteiger partial charge on any atom is 0.313 e. The van der Waals surface area contributed by atoms with Gasteiger partial charge in [0.2, 0.25) is 0 Å². The molecule has 0 unspecified atom stereocenters. The quantitative estimate of drug-likeness (QED) is 0.821. The van der Waals surface area contributed by atoms with E-state index in [0.717, 1.165) is 11.3 Å². The molecule has 4 heteroatoms. The number of hydrogen-bond acceptors (Lipinski definition) is 3. The first-order chi connectivity index (χ1) is 8.19. The topological polar surface area (TPSA) is 55.0 Å². The Morgan fingerprint density at radius 2 is 2.06 bits per heavy atom. The zero-order chi connectivity index (χ0) is 12.3. The number of imidazole rings is 1. The van der Waals surface area contributed by atoms with Gasteiger partial charge in [0.25, 0.3) is 0 Å². The van der Waals surface area contributed by atoms with Crippen LogP contribution < -0.4 is 0 Å². The summed E-state index contributed by atoms with van der Waals surface area (Å²) in [6, 6.07) is 8.11. The maximum atomic E-state index is 11.1. The van der Waals surface area contributed by atoms with Gasteiger partial charge in [-0.3, -0.25) is 4.79 Å². The molecule has 0 spiro atoms. The summed E-state index contributed by atoms with van der Waals surface area (Å²) in [6.45, 7) is 2.04. The molecule has 0 bridgehead atoms. The zero-order valence-electron chi connectivity index (χ0n) is 9.86. The third-order valence-electron chi connectivity index (χ3n) is 2.53. The molecule has 0 aliphatic carbocycles. The molecule has 0 radical (unpaired) electrons. The predicted molar refractivity (Wildman–Crippen MR) is 64.5 cm³/mol. The molecule has 2 rings (SSSR count). The number of carbonyl (C=O) groups is 1. The van der Waals surface area contributed by atoms with Gasteiger partial charge < -0.3 is 9.72 Å². The van der Waals surface area contributed by atoms with Crippen molar-refractivity contribution in [3.8, 4) is 11.3 Å². The number of hydrogen-bond donors (Lipinski definition) is 1. The highest BCUT2D eigenvalue weighted by molar-refractivity contribution is 5.71. The summed E-state index contributed by atoms with van der Waals surface area (Å²) in [4.78, 5) is 18.3. The van der Waals surface area contributed by atoms with Gasteiger partial charge in [0.1, 0.15) is 12.2 Å². The molecule has 1 N–H and O–H groups in total. The smallest absolute Gasteiger partial charge is 0.313 e. The van der Waals surface area contributed by atoms with Gasteiger partial charge >= 0.3 is 5.97 Å². The Hall–Kier alpha value is -2.10. The molecule has 0 saturated carbocycles. The number of ether oxygens (including phenoxy) is 1. The van der Waals surface area contributed by atoms with Gasteiger partial charge in [-0.15, -0.1) is 0 Å². The summed E-state index contributed by atoms with van der Waals surface area (Å²) >= 11 is 0. The molecule has 0 aliphatic heterocycles. The lowest BCUT2D eigenvalue weighted by Gasteiger charge is -1.98. The number of carbonyl (C=O) groups excluding carboxylic acids is 1. The van der Waals surface area contributed by atoms with E-state index in [9.17, 15) is 4.79 Å². The first kappa shape index (κ1) is 11.4. The van der Waals surface area contributed by atoms with E-state index in [0.29, 0.717) is 5.82 Å². The minimum atomic E-state index is -0.296. The minimum Gasteiger partial charge on any atom is -0.469 e. The lowest BCUT2D eigenvalue weighted by atomic mass is 10.1. The van der Waals surface area contributed by atoms with Crippen molar-refractivity contribution in [1.82, 2.24) is 9.97 Å².